The number of benzene rings is 2. The molecule has 7 nitrogen and oxygen atoms in total. The van der Waals surface area contributed by atoms with Crippen LogP contribution in [0.5, 0.6) is 23.0 Å². The van der Waals surface area contributed by atoms with Gasteiger partial charge in [-0.1, -0.05) is 0 Å². The second-order valence-electron chi connectivity index (χ2n) is 6.49. The van der Waals surface area contributed by atoms with Crippen molar-refractivity contribution in [2.45, 2.75) is 6.61 Å². The van der Waals surface area contributed by atoms with Gasteiger partial charge in [0, 0.05) is 17.2 Å². The van der Waals surface area contributed by atoms with Crippen molar-refractivity contribution >= 4 is 17.9 Å². The van der Waals surface area contributed by atoms with Crippen LogP contribution in [0.1, 0.15) is 11.1 Å². The van der Waals surface area contributed by atoms with Crippen molar-refractivity contribution in [3.05, 3.63) is 64.9 Å². The molecule has 0 unspecified atom stereocenters. The number of carbonyl (C=O) groups excluding carboxylic acids is 1. The number of methoxy groups -OCH3 is 2. The SMILES string of the molecule is COc1ccc2c(c1)OCC(/C=C1/N=C(c3ccc(OC(F)F)c(OC)c3)OC1=O)=C2. The van der Waals surface area contributed by atoms with Crippen LogP contribution < -0.4 is 18.9 Å². The lowest BCUT2D eigenvalue weighted by atomic mass is 10.1. The molecule has 9 heteroatoms. The minimum absolute atomic E-state index is 0.0283. The van der Waals surface area contributed by atoms with Gasteiger partial charge in [0.2, 0.25) is 5.90 Å². The minimum atomic E-state index is -2.99. The summed E-state index contributed by atoms with van der Waals surface area (Å²) < 4.78 is 50.6. The minimum Gasteiger partial charge on any atom is -0.497 e. The highest BCUT2D eigenvalue weighted by Gasteiger charge is 2.26. The molecule has 0 spiro atoms. The Labute approximate surface area is 176 Å². The largest absolute Gasteiger partial charge is 0.497 e. The maximum Gasteiger partial charge on any atom is 0.387 e. The molecule has 4 rings (SSSR count). The molecule has 2 aliphatic heterocycles. The first-order valence-electron chi connectivity index (χ1n) is 9.14. The van der Waals surface area contributed by atoms with Gasteiger partial charge in [-0.05, 0) is 48.1 Å². The maximum atomic E-state index is 12.5. The van der Waals surface area contributed by atoms with Crippen LogP contribution >= 0.6 is 0 Å². The molecule has 2 aromatic rings. The lowest BCUT2D eigenvalue weighted by Crippen LogP contribution is -2.08. The Hall–Kier alpha value is -3.88. The molecular formula is C22H17F2NO6. The molecule has 0 atom stereocenters. The van der Waals surface area contributed by atoms with Gasteiger partial charge in [0.1, 0.15) is 18.1 Å². The van der Waals surface area contributed by atoms with Crippen molar-refractivity contribution in [3.63, 3.8) is 0 Å². The van der Waals surface area contributed by atoms with Crippen molar-refractivity contribution in [2.24, 2.45) is 4.99 Å². The van der Waals surface area contributed by atoms with Crippen molar-refractivity contribution in [1.82, 2.24) is 0 Å². The van der Waals surface area contributed by atoms with Crippen molar-refractivity contribution < 1.29 is 37.3 Å². The fourth-order valence-electron chi connectivity index (χ4n) is 3.07. The molecular weight excluding hydrogens is 412 g/mol. The van der Waals surface area contributed by atoms with Gasteiger partial charge in [-0.3, -0.25) is 0 Å². The zero-order chi connectivity index (χ0) is 22.0. The van der Waals surface area contributed by atoms with Crippen LogP contribution in [0.3, 0.4) is 0 Å². The van der Waals surface area contributed by atoms with Crippen LogP contribution in [0.4, 0.5) is 8.78 Å². The highest BCUT2D eigenvalue weighted by Crippen LogP contribution is 2.33. The molecule has 160 valence electrons. The molecule has 0 aromatic heterocycles. The maximum absolute atomic E-state index is 12.5. The van der Waals surface area contributed by atoms with Gasteiger partial charge in [-0.25, -0.2) is 9.79 Å². The molecule has 0 aliphatic carbocycles. The van der Waals surface area contributed by atoms with Crippen molar-refractivity contribution in [2.75, 3.05) is 20.8 Å². The fraction of sp³-hybridized carbons (Fsp3) is 0.182. The third-order valence-corrected chi connectivity index (χ3v) is 4.53. The van der Waals surface area contributed by atoms with E-state index in [0.717, 1.165) is 11.1 Å². The van der Waals surface area contributed by atoms with E-state index in [4.69, 9.17) is 18.9 Å². The van der Waals surface area contributed by atoms with Gasteiger partial charge in [-0.15, -0.1) is 0 Å². The van der Waals surface area contributed by atoms with E-state index in [0.29, 0.717) is 17.1 Å². The number of cyclic esters (lactones) is 1. The predicted octanol–water partition coefficient (Wildman–Crippen LogP) is 3.97. The van der Waals surface area contributed by atoms with Crippen molar-refractivity contribution in [3.8, 4) is 23.0 Å². The molecule has 0 radical (unpaired) electrons. The number of rotatable bonds is 6. The van der Waals surface area contributed by atoms with E-state index in [1.165, 1.54) is 25.3 Å². The van der Waals surface area contributed by atoms with Gasteiger partial charge in [0.05, 0.1) is 14.2 Å². The Morgan fingerprint density at radius 3 is 2.68 bits per heavy atom. The number of esters is 1. The van der Waals surface area contributed by atoms with E-state index in [1.807, 2.05) is 18.2 Å². The summed E-state index contributed by atoms with van der Waals surface area (Å²) in [5.41, 5.74) is 2.04. The van der Waals surface area contributed by atoms with Crippen LogP contribution in [0, 0.1) is 0 Å². The average molecular weight is 429 g/mol. The molecule has 0 bridgehead atoms. The average Bonchev–Trinajstić information content (AvgIpc) is 3.13. The molecule has 0 saturated heterocycles. The topological polar surface area (TPSA) is 75.6 Å². The van der Waals surface area contributed by atoms with Crippen molar-refractivity contribution in [1.29, 1.82) is 0 Å². The van der Waals surface area contributed by atoms with E-state index in [2.05, 4.69) is 9.73 Å². The summed E-state index contributed by atoms with van der Waals surface area (Å²) in [5, 5.41) is 0. The third-order valence-electron chi connectivity index (χ3n) is 4.53. The van der Waals surface area contributed by atoms with Crippen LogP contribution in [0.15, 0.2) is 58.7 Å². The summed E-state index contributed by atoms with van der Waals surface area (Å²) in [4.78, 5) is 16.5. The normalized spacial score (nSPS) is 16.3. The number of alkyl halides is 2. The molecule has 2 aliphatic rings. The Morgan fingerprint density at radius 2 is 1.94 bits per heavy atom. The number of halogens is 2. The van der Waals surface area contributed by atoms with Crippen LogP contribution in [0.2, 0.25) is 0 Å². The monoisotopic (exact) mass is 429 g/mol. The number of carbonyl (C=O) groups is 1. The third kappa shape index (κ3) is 4.35. The number of aliphatic imine (C=N–C) groups is 1. The molecule has 2 aromatic carbocycles. The van der Waals surface area contributed by atoms with E-state index >= 15 is 0 Å². The first kappa shape index (κ1) is 20.4. The first-order valence-corrected chi connectivity index (χ1v) is 9.14. The summed E-state index contributed by atoms with van der Waals surface area (Å²) in [6.07, 6.45) is 3.46. The molecule has 0 N–H and O–H groups in total. The molecule has 0 saturated carbocycles. The summed E-state index contributed by atoms with van der Waals surface area (Å²) in [6.45, 7) is -2.75. The van der Waals surface area contributed by atoms with E-state index in [-0.39, 0.29) is 29.7 Å². The quantitative estimate of drug-likeness (QED) is 0.511. The Morgan fingerprint density at radius 1 is 1.10 bits per heavy atom. The molecule has 31 heavy (non-hydrogen) atoms. The number of fused-ring (bicyclic) bond motifs is 1. The Kier molecular flexibility index (Phi) is 5.57. The first-order chi connectivity index (χ1) is 15.0. The van der Waals surface area contributed by atoms with Gasteiger partial charge in [-0.2, -0.15) is 8.78 Å². The summed E-state index contributed by atoms with van der Waals surface area (Å²) in [7, 11) is 2.89. The number of ether oxygens (including phenoxy) is 5. The summed E-state index contributed by atoms with van der Waals surface area (Å²) >= 11 is 0. The standard InChI is InChI=1S/C22H17F2NO6/c1-27-15-5-3-13-7-12(11-29-18(13)10-15)8-16-21(26)31-20(25-16)14-4-6-17(30-22(23)24)19(9-14)28-2/h3-10,22H,11H2,1-2H3/b16-8+. The molecule has 0 amide bonds. The van der Waals surface area contributed by atoms with Gasteiger partial charge >= 0.3 is 12.6 Å². The number of hydrogen-bond donors (Lipinski definition) is 0. The second kappa shape index (κ2) is 8.47. The van der Waals surface area contributed by atoms with E-state index < -0.39 is 12.6 Å². The summed E-state index contributed by atoms with van der Waals surface area (Å²) in [6, 6.07) is 9.58. The van der Waals surface area contributed by atoms with Gasteiger partial charge in [0.15, 0.2) is 17.2 Å². The lowest BCUT2D eigenvalue weighted by Gasteiger charge is -2.16. The van der Waals surface area contributed by atoms with Crippen LogP contribution in [-0.4, -0.2) is 39.3 Å². The predicted molar refractivity (Wildman–Crippen MR) is 107 cm³/mol. The highest BCUT2D eigenvalue weighted by atomic mass is 19.3. The van der Waals surface area contributed by atoms with Crippen LogP contribution in [-0.2, 0) is 9.53 Å². The zero-order valence-corrected chi connectivity index (χ0v) is 16.6. The van der Waals surface area contributed by atoms with Crippen LogP contribution in [0.25, 0.3) is 6.08 Å². The van der Waals surface area contributed by atoms with Gasteiger partial charge < -0.3 is 23.7 Å². The fourth-order valence-corrected chi connectivity index (χ4v) is 3.07. The smallest absolute Gasteiger partial charge is 0.387 e. The summed E-state index contributed by atoms with van der Waals surface area (Å²) in [5.74, 6) is 0.677. The lowest BCUT2D eigenvalue weighted by molar-refractivity contribution is -0.130. The molecule has 2 heterocycles. The second-order valence-corrected chi connectivity index (χ2v) is 6.49. The van der Waals surface area contributed by atoms with E-state index in [9.17, 15) is 13.6 Å². The molecule has 0 fully saturated rings. The number of hydrogen-bond acceptors (Lipinski definition) is 7. The number of nitrogens with zero attached hydrogens (tertiary/aromatic N) is 1. The zero-order valence-electron chi connectivity index (χ0n) is 16.6. The Bertz CT molecular complexity index is 1120. The van der Waals surface area contributed by atoms with Gasteiger partial charge in [0.25, 0.3) is 0 Å². The highest BCUT2D eigenvalue weighted by molar-refractivity contribution is 6.11. The van der Waals surface area contributed by atoms with E-state index in [1.54, 1.807) is 19.3 Å². The Balaban J connectivity index is 1.60.